The van der Waals surface area contributed by atoms with Crippen LogP contribution in [0, 0.1) is 0 Å². The number of hydrogen-bond donors (Lipinski definition) is 2. The Kier molecular flexibility index (Phi) is 4.40. The molecular formula is C10H14BrClN2O. The highest BCUT2D eigenvalue weighted by Gasteiger charge is 2.12. The van der Waals surface area contributed by atoms with Crippen LogP contribution in [0.25, 0.3) is 0 Å². The minimum absolute atomic E-state index is 0.456. The van der Waals surface area contributed by atoms with Gasteiger partial charge in [-0.3, -0.25) is 0 Å². The van der Waals surface area contributed by atoms with E-state index in [9.17, 15) is 5.11 Å². The van der Waals surface area contributed by atoms with Crippen molar-refractivity contribution in [3.8, 4) is 0 Å². The first-order valence-corrected chi connectivity index (χ1v) is 5.66. The number of hydrogen-bond acceptors (Lipinski definition) is 3. The smallest absolute Gasteiger partial charge is 0.0917 e. The van der Waals surface area contributed by atoms with Gasteiger partial charge in [-0.25, -0.2) is 0 Å². The maximum absolute atomic E-state index is 9.87. The van der Waals surface area contributed by atoms with Crippen molar-refractivity contribution in [2.24, 2.45) is 0 Å². The Hall–Kier alpha value is -0.290. The molecule has 0 fully saturated rings. The molecule has 0 aromatic heterocycles. The van der Waals surface area contributed by atoms with Gasteiger partial charge in [-0.05, 0) is 47.7 Å². The molecular weight excluding hydrogens is 279 g/mol. The third-order valence-electron chi connectivity index (χ3n) is 2.02. The number of likely N-dealkylation sites (N-methyl/N-ethyl adjacent to an activating group) is 1. The molecule has 0 radical (unpaired) electrons. The SMILES string of the molecule is CN(C)CC(O)c1cc(Cl)c(N)c(Br)c1. The Labute approximate surface area is 103 Å². The molecule has 3 nitrogen and oxygen atoms in total. The molecule has 0 saturated carbocycles. The summed E-state index contributed by atoms with van der Waals surface area (Å²) in [5, 5.41) is 10.3. The summed E-state index contributed by atoms with van der Waals surface area (Å²) in [5.74, 6) is 0. The van der Waals surface area contributed by atoms with Gasteiger partial charge in [-0.2, -0.15) is 0 Å². The summed E-state index contributed by atoms with van der Waals surface area (Å²) in [5.41, 5.74) is 6.94. The maximum Gasteiger partial charge on any atom is 0.0917 e. The molecule has 15 heavy (non-hydrogen) atoms. The molecule has 1 unspecified atom stereocenters. The fourth-order valence-corrected chi connectivity index (χ4v) is 2.07. The number of anilines is 1. The van der Waals surface area contributed by atoms with Gasteiger partial charge in [0, 0.05) is 11.0 Å². The second-order valence-electron chi connectivity index (χ2n) is 3.68. The van der Waals surface area contributed by atoms with Crippen LogP contribution in [-0.4, -0.2) is 30.6 Å². The van der Waals surface area contributed by atoms with Crippen molar-refractivity contribution in [3.63, 3.8) is 0 Å². The van der Waals surface area contributed by atoms with Crippen molar-refractivity contribution in [2.45, 2.75) is 6.10 Å². The van der Waals surface area contributed by atoms with Crippen LogP contribution >= 0.6 is 27.5 Å². The van der Waals surface area contributed by atoms with Gasteiger partial charge in [0.2, 0.25) is 0 Å². The lowest BCUT2D eigenvalue weighted by molar-refractivity contribution is 0.138. The molecule has 0 bridgehead atoms. The summed E-state index contributed by atoms with van der Waals surface area (Å²) in [6, 6.07) is 3.48. The highest BCUT2D eigenvalue weighted by molar-refractivity contribution is 9.10. The van der Waals surface area contributed by atoms with E-state index >= 15 is 0 Å². The molecule has 0 amide bonds. The van der Waals surface area contributed by atoms with E-state index in [1.165, 1.54) is 0 Å². The third kappa shape index (κ3) is 3.34. The molecule has 1 atom stereocenters. The molecule has 1 rings (SSSR count). The summed E-state index contributed by atoms with van der Waals surface area (Å²) < 4.78 is 0.711. The lowest BCUT2D eigenvalue weighted by Gasteiger charge is -2.17. The first-order valence-electron chi connectivity index (χ1n) is 4.49. The number of aliphatic hydroxyl groups is 1. The van der Waals surface area contributed by atoms with Crippen LogP contribution in [0.4, 0.5) is 5.69 Å². The summed E-state index contributed by atoms with van der Waals surface area (Å²) in [7, 11) is 3.80. The maximum atomic E-state index is 9.87. The molecule has 0 saturated heterocycles. The number of halogens is 2. The molecule has 0 aliphatic heterocycles. The predicted molar refractivity (Wildman–Crippen MR) is 67.1 cm³/mol. The standard InChI is InChI=1S/C10H14BrClN2O/c1-14(2)5-9(15)6-3-7(11)10(13)8(12)4-6/h3-4,9,15H,5,13H2,1-2H3. The Morgan fingerprint density at radius 3 is 2.60 bits per heavy atom. The van der Waals surface area contributed by atoms with Crippen LogP contribution in [0.2, 0.25) is 5.02 Å². The van der Waals surface area contributed by atoms with Gasteiger partial charge in [0.05, 0.1) is 16.8 Å². The van der Waals surface area contributed by atoms with Gasteiger partial charge >= 0.3 is 0 Å². The average molecular weight is 294 g/mol. The van der Waals surface area contributed by atoms with Crippen molar-refractivity contribution in [1.82, 2.24) is 4.90 Å². The van der Waals surface area contributed by atoms with Gasteiger partial charge in [0.1, 0.15) is 0 Å². The van der Waals surface area contributed by atoms with Gasteiger partial charge in [0.25, 0.3) is 0 Å². The zero-order chi connectivity index (χ0) is 11.6. The van der Waals surface area contributed by atoms with E-state index in [1.807, 2.05) is 19.0 Å². The third-order valence-corrected chi connectivity index (χ3v) is 2.99. The fourth-order valence-electron chi connectivity index (χ4n) is 1.25. The lowest BCUT2D eigenvalue weighted by atomic mass is 10.1. The number of aliphatic hydroxyl groups excluding tert-OH is 1. The van der Waals surface area contributed by atoms with E-state index in [4.69, 9.17) is 17.3 Å². The fraction of sp³-hybridized carbons (Fsp3) is 0.400. The lowest BCUT2D eigenvalue weighted by Crippen LogP contribution is -2.20. The Morgan fingerprint density at radius 2 is 2.13 bits per heavy atom. The van der Waals surface area contributed by atoms with Crippen molar-refractivity contribution in [3.05, 3.63) is 27.2 Å². The summed E-state index contributed by atoms with van der Waals surface area (Å²) >= 11 is 9.22. The Bertz CT molecular complexity index is 334. The number of rotatable bonds is 3. The van der Waals surface area contributed by atoms with E-state index in [-0.39, 0.29) is 0 Å². The second-order valence-corrected chi connectivity index (χ2v) is 4.94. The van der Waals surface area contributed by atoms with E-state index < -0.39 is 6.10 Å². The van der Waals surface area contributed by atoms with Crippen LogP contribution in [0.5, 0.6) is 0 Å². The zero-order valence-corrected chi connectivity index (χ0v) is 11.0. The molecule has 5 heteroatoms. The average Bonchev–Trinajstić information content (AvgIpc) is 2.12. The molecule has 0 aliphatic carbocycles. The second kappa shape index (κ2) is 5.16. The number of nitrogen functional groups attached to an aromatic ring is 1. The van der Waals surface area contributed by atoms with Crippen LogP contribution in [0.15, 0.2) is 16.6 Å². The van der Waals surface area contributed by atoms with Gasteiger partial charge in [-0.1, -0.05) is 11.6 Å². The van der Waals surface area contributed by atoms with Crippen LogP contribution in [0.1, 0.15) is 11.7 Å². The van der Waals surface area contributed by atoms with Gasteiger partial charge in [0.15, 0.2) is 0 Å². The van der Waals surface area contributed by atoms with E-state index in [0.29, 0.717) is 21.7 Å². The zero-order valence-electron chi connectivity index (χ0n) is 8.67. The molecule has 0 aliphatic rings. The number of nitrogens with two attached hydrogens (primary N) is 1. The van der Waals surface area contributed by atoms with Crippen molar-refractivity contribution >= 4 is 33.2 Å². The Morgan fingerprint density at radius 1 is 1.53 bits per heavy atom. The first-order chi connectivity index (χ1) is 6.91. The van der Waals surface area contributed by atoms with Gasteiger partial charge < -0.3 is 15.7 Å². The number of nitrogens with zero attached hydrogens (tertiary/aromatic N) is 1. The molecule has 0 spiro atoms. The van der Waals surface area contributed by atoms with Crippen LogP contribution in [0.3, 0.4) is 0 Å². The predicted octanol–water partition coefficient (Wildman–Crippen LogP) is 2.28. The summed E-state index contributed by atoms with van der Waals surface area (Å²) in [6.07, 6.45) is -0.561. The highest BCUT2D eigenvalue weighted by Crippen LogP contribution is 2.31. The largest absolute Gasteiger partial charge is 0.397 e. The molecule has 84 valence electrons. The summed E-state index contributed by atoms with van der Waals surface area (Å²) in [6.45, 7) is 0.548. The first kappa shape index (κ1) is 12.8. The van der Waals surface area contributed by atoms with Crippen LogP contribution in [-0.2, 0) is 0 Å². The van der Waals surface area contributed by atoms with Crippen molar-refractivity contribution in [1.29, 1.82) is 0 Å². The molecule has 1 aromatic carbocycles. The minimum Gasteiger partial charge on any atom is -0.397 e. The Balaban J connectivity index is 2.95. The molecule has 3 N–H and O–H groups in total. The van der Waals surface area contributed by atoms with E-state index in [2.05, 4.69) is 15.9 Å². The van der Waals surface area contributed by atoms with E-state index in [1.54, 1.807) is 12.1 Å². The monoisotopic (exact) mass is 292 g/mol. The number of benzene rings is 1. The van der Waals surface area contributed by atoms with E-state index in [0.717, 1.165) is 5.56 Å². The van der Waals surface area contributed by atoms with Crippen molar-refractivity contribution < 1.29 is 5.11 Å². The van der Waals surface area contributed by atoms with Crippen LogP contribution < -0.4 is 5.73 Å². The van der Waals surface area contributed by atoms with Gasteiger partial charge in [-0.15, -0.1) is 0 Å². The minimum atomic E-state index is -0.561. The van der Waals surface area contributed by atoms with Crippen molar-refractivity contribution in [2.75, 3.05) is 26.4 Å². The quantitative estimate of drug-likeness (QED) is 0.841. The molecule has 1 aromatic rings. The highest BCUT2D eigenvalue weighted by atomic mass is 79.9. The topological polar surface area (TPSA) is 49.5 Å². The summed E-state index contributed by atoms with van der Waals surface area (Å²) in [4.78, 5) is 1.91. The normalized spacial score (nSPS) is 13.2. The molecule has 0 heterocycles.